The van der Waals surface area contributed by atoms with Crippen molar-refractivity contribution in [1.29, 1.82) is 0 Å². The van der Waals surface area contributed by atoms with Crippen molar-refractivity contribution in [1.82, 2.24) is 15.2 Å². The fraction of sp³-hybridized carbons (Fsp3) is 0.158. The first kappa shape index (κ1) is 15.0. The Bertz CT molecular complexity index is 973. The van der Waals surface area contributed by atoms with Crippen LogP contribution < -0.4 is 0 Å². The molecular weight excluding hydrogens is 322 g/mol. The van der Waals surface area contributed by atoms with Crippen LogP contribution in [0.4, 0.5) is 0 Å². The lowest BCUT2D eigenvalue weighted by atomic mass is 10.1. The maximum Gasteiger partial charge on any atom is 0.247 e. The van der Waals surface area contributed by atoms with Crippen LogP contribution in [-0.2, 0) is 12.8 Å². The molecule has 120 valence electrons. The lowest BCUT2D eigenvalue weighted by Crippen LogP contribution is -1.89. The maximum absolute atomic E-state index is 6.00. The second kappa shape index (κ2) is 6.49. The normalized spacial score (nSPS) is 11.2. The van der Waals surface area contributed by atoms with Crippen LogP contribution in [0.5, 0.6) is 0 Å². The highest BCUT2D eigenvalue weighted by Gasteiger charge is 2.09. The van der Waals surface area contributed by atoms with Crippen molar-refractivity contribution in [3.63, 3.8) is 0 Å². The summed E-state index contributed by atoms with van der Waals surface area (Å²) in [5, 5.41) is 10.2. The highest BCUT2D eigenvalue weighted by Crippen LogP contribution is 2.23. The van der Waals surface area contributed by atoms with Crippen LogP contribution in [0.2, 0.25) is 5.02 Å². The number of hydrogen-bond acceptors (Lipinski definition) is 3. The van der Waals surface area contributed by atoms with E-state index in [1.165, 1.54) is 16.5 Å². The number of aromatic nitrogens is 3. The predicted molar refractivity (Wildman–Crippen MR) is 95.1 cm³/mol. The minimum atomic E-state index is 0.514. The molecule has 2 heterocycles. The van der Waals surface area contributed by atoms with Crippen molar-refractivity contribution in [3.05, 3.63) is 71.2 Å². The molecule has 1 N–H and O–H groups in total. The molecule has 0 saturated heterocycles. The van der Waals surface area contributed by atoms with Crippen molar-refractivity contribution in [2.45, 2.75) is 19.3 Å². The van der Waals surface area contributed by atoms with Gasteiger partial charge in [-0.15, -0.1) is 10.2 Å². The molecular formula is C19H16ClN3O. The quantitative estimate of drug-likeness (QED) is 0.554. The standard InChI is InChI=1S/C19H16ClN3O/c20-15-7-3-5-13(11-15)19-23-22-18(24-19)10-4-6-14-12-21-17-9-2-1-8-16(14)17/h1-3,5,7-9,11-12,21H,4,6,10H2. The molecule has 0 unspecified atom stereocenters. The number of halogens is 1. The smallest absolute Gasteiger partial charge is 0.247 e. The van der Waals surface area contributed by atoms with E-state index < -0.39 is 0 Å². The van der Waals surface area contributed by atoms with E-state index in [9.17, 15) is 0 Å². The van der Waals surface area contributed by atoms with Crippen molar-refractivity contribution < 1.29 is 4.42 Å². The second-order valence-electron chi connectivity index (χ2n) is 5.72. The SMILES string of the molecule is Clc1cccc(-c2nnc(CCCc3c[nH]c4ccccc34)o2)c1. The van der Waals surface area contributed by atoms with Crippen LogP contribution in [0.15, 0.2) is 59.1 Å². The Morgan fingerprint density at radius 3 is 2.83 bits per heavy atom. The van der Waals surface area contributed by atoms with Crippen LogP contribution in [-0.4, -0.2) is 15.2 Å². The summed E-state index contributed by atoms with van der Waals surface area (Å²) in [6, 6.07) is 15.8. The zero-order valence-electron chi connectivity index (χ0n) is 13.0. The van der Waals surface area contributed by atoms with E-state index in [1.54, 1.807) is 0 Å². The molecule has 0 fully saturated rings. The predicted octanol–water partition coefficient (Wildman–Crippen LogP) is 5.05. The minimum absolute atomic E-state index is 0.514. The highest BCUT2D eigenvalue weighted by atomic mass is 35.5. The third-order valence-electron chi connectivity index (χ3n) is 4.05. The Kier molecular flexibility index (Phi) is 4.05. The number of fused-ring (bicyclic) bond motifs is 1. The van der Waals surface area contributed by atoms with Crippen LogP contribution in [0, 0.1) is 0 Å². The average molecular weight is 338 g/mol. The van der Waals surface area contributed by atoms with Gasteiger partial charge in [0.05, 0.1) is 0 Å². The summed E-state index contributed by atoms with van der Waals surface area (Å²) >= 11 is 6.00. The van der Waals surface area contributed by atoms with Gasteiger partial charge in [0.1, 0.15) is 0 Å². The summed E-state index contributed by atoms with van der Waals surface area (Å²) in [5.41, 5.74) is 3.34. The number of rotatable bonds is 5. The van der Waals surface area contributed by atoms with E-state index in [0.29, 0.717) is 16.8 Å². The minimum Gasteiger partial charge on any atom is -0.421 e. The molecule has 0 radical (unpaired) electrons. The summed E-state index contributed by atoms with van der Waals surface area (Å²) in [6.45, 7) is 0. The molecule has 0 aliphatic carbocycles. The zero-order valence-corrected chi connectivity index (χ0v) is 13.8. The van der Waals surface area contributed by atoms with Gasteiger partial charge in [0.25, 0.3) is 0 Å². The monoisotopic (exact) mass is 337 g/mol. The van der Waals surface area contributed by atoms with Gasteiger partial charge in [0.15, 0.2) is 0 Å². The maximum atomic E-state index is 6.00. The molecule has 0 spiro atoms. The Balaban J connectivity index is 1.42. The van der Waals surface area contributed by atoms with Crippen LogP contribution >= 0.6 is 11.6 Å². The molecule has 4 aromatic rings. The summed E-state index contributed by atoms with van der Waals surface area (Å²) in [7, 11) is 0. The molecule has 2 aromatic heterocycles. The Labute approximate surface area is 144 Å². The average Bonchev–Trinajstić information content (AvgIpc) is 3.23. The third kappa shape index (κ3) is 3.05. The molecule has 4 rings (SSSR count). The molecule has 0 aliphatic heterocycles. The van der Waals surface area contributed by atoms with E-state index in [0.717, 1.165) is 24.8 Å². The van der Waals surface area contributed by atoms with Gasteiger partial charge in [0.2, 0.25) is 11.8 Å². The van der Waals surface area contributed by atoms with Gasteiger partial charge in [-0.05, 0) is 42.7 Å². The number of nitrogens with one attached hydrogen (secondary N) is 1. The van der Waals surface area contributed by atoms with Crippen LogP contribution in [0.3, 0.4) is 0 Å². The van der Waals surface area contributed by atoms with Crippen molar-refractivity contribution in [2.24, 2.45) is 0 Å². The van der Waals surface area contributed by atoms with Gasteiger partial charge in [-0.2, -0.15) is 0 Å². The Morgan fingerprint density at radius 1 is 1.00 bits per heavy atom. The van der Waals surface area contributed by atoms with Gasteiger partial charge in [0, 0.05) is 34.1 Å². The number of H-pyrrole nitrogens is 1. The largest absolute Gasteiger partial charge is 0.421 e. The lowest BCUT2D eigenvalue weighted by Gasteiger charge is -1.98. The van der Waals surface area contributed by atoms with Gasteiger partial charge in [-0.3, -0.25) is 0 Å². The van der Waals surface area contributed by atoms with Gasteiger partial charge in [-0.25, -0.2) is 0 Å². The number of aryl methyl sites for hydroxylation is 2. The molecule has 0 atom stereocenters. The second-order valence-corrected chi connectivity index (χ2v) is 6.16. The molecule has 4 nitrogen and oxygen atoms in total. The molecule has 0 saturated carbocycles. The van der Waals surface area contributed by atoms with Crippen molar-refractivity contribution in [3.8, 4) is 11.5 Å². The van der Waals surface area contributed by atoms with Gasteiger partial charge < -0.3 is 9.40 Å². The molecule has 0 amide bonds. The molecule has 0 aliphatic rings. The summed E-state index contributed by atoms with van der Waals surface area (Å²) < 4.78 is 5.74. The first-order valence-corrected chi connectivity index (χ1v) is 8.31. The van der Waals surface area contributed by atoms with E-state index in [4.69, 9.17) is 16.0 Å². The molecule has 0 bridgehead atoms. The molecule has 5 heteroatoms. The summed E-state index contributed by atoms with van der Waals surface area (Å²) in [6.07, 6.45) is 4.76. The first-order valence-electron chi connectivity index (χ1n) is 7.93. The van der Waals surface area contributed by atoms with Gasteiger partial charge in [-0.1, -0.05) is 35.9 Å². The highest BCUT2D eigenvalue weighted by molar-refractivity contribution is 6.30. The van der Waals surface area contributed by atoms with E-state index in [1.807, 2.05) is 30.3 Å². The fourth-order valence-electron chi connectivity index (χ4n) is 2.86. The number of aromatic amines is 1. The number of nitrogens with zero attached hydrogens (tertiary/aromatic N) is 2. The molecule has 24 heavy (non-hydrogen) atoms. The Hall–Kier alpha value is -2.59. The lowest BCUT2D eigenvalue weighted by molar-refractivity contribution is 0.497. The van der Waals surface area contributed by atoms with E-state index >= 15 is 0 Å². The zero-order chi connectivity index (χ0) is 16.4. The van der Waals surface area contributed by atoms with Gasteiger partial charge >= 0.3 is 0 Å². The van der Waals surface area contributed by atoms with Crippen molar-refractivity contribution >= 4 is 22.5 Å². The summed E-state index contributed by atoms with van der Waals surface area (Å²) in [4.78, 5) is 3.30. The van der Waals surface area contributed by atoms with Crippen LogP contribution in [0.1, 0.15) is 17.9 Å². The molecule has 2 aromatic carbocycles. The number of hydrogen-bond donors (Lipinski definition) is 1. The van der Waals surface area contributed by atoms with Crippen LogP contribution in [0.25, 0.3) is 22.4 Å². The first-order chi connectivity index (χ1) is 11.8. The van der Waals surface area contributed by atoms with E-state index in [-0.39, 0.29) is 0 Å². The van der Waals surface area contributed by atoms with E-state index in [2.05, 4.69) is 39.6 Å². The third-order valence-corrected chi connectivity index (χ3v) is 4.29. The number of para-hydroxylation sites is 1. The van der Waals surface area contributed by atoms with Crippen molar-refractivity contribution in [2.75, 3.05) is 0 Å². The number of benzene rings is 2. The summed E-state index contributed by atoms with van der Waals surface area (Å²) in [5.74, 6) is 1.17. The Morgan fingerprint density at radius 2 is 1.92 bits per heavy atom. The fourth-order valence-corrected chi connectivity index (χ4v) is 3.05. The topological polar surface area (TPSA) is 54.7 Å².